The quantitative estimate of drug-likeness (QED) is 0.535. The summed E-state index contributed by atoms with van der Waals surface area (Å²) in [6, 6.07) is 6.77. The van der Waals surface area contributed by atoms with Crippen molar-refractivity contribution in [3.8, 4) is 0 Å². The molecule has 0 radical (unpaired) electrons. The predicted molar refractivity (Wildman–Crippen MR) is 88.2 cm³/mol. The molecule has 1 aromatic heterocycles. The van der Waals surface area contributed by atoms with E-state index >= 15 is 0 Å². The zero-order valence-electron chi connectivity index (χ0n) is 11.0. The number of hydrogen-bond donors (Lipinski definition) is 0. The normalized spacial score (nSPS) is 12.8. The Bertz CT molecular complexity index is 542. The molecule has 1 heterocycles. The Morgan fingerprint density at radius 2 is 1.50 bits per heavy atom. The maximum absolute atomic E-state index is 3.86. The fourth-order valence-corrected chi connectivity index (χ4v) is 5.04. The second kappa shape index (κ2) is 5.48. The van der Waals surface area contributed by atoms with Crippen LogP contribution in [0.1, 0.15) is 37.5 Å². The summed E-state index contributed by atoms with van der Waals surface area (Å²) in [4.78, 5) is 1.64. The van der Waals surface area contributed by atoms with Crippen LogP contribution in [0, 0.1) is 27.7 Å². The summed E-state index contributed by atoms with van der Waals surface area (Å²) in [6.07, 6.45) is 0. The molecule has 0 amide bonds. The Labute approximate surface area is 130 Å². The Balaban J connectivity index is 2.49. The van der Waals surface area contributed by atoms with Gasteiger partial charge in [-0.05, 0) is 71.9 Å². The monoisotopic (exact) mass is 386 g/mol. The van der Waals surface area contributed by atoms with E-state index in [1.54, 1.807) is 0 Å². The Morgan fingerprint density at radius 3 is 1.94 bits per heavy atom. The number of aryl methyl sites for hydroxylation is 4. The van der Waals surface area contributed by atoms with Crippen LogP contribution in [0.25, 0.3) is 0 Å². The van der Waals surface area contributed by atoms with Crippen LogP contribution in [-0.4, -0.2) is 0 Å². The van der Waals surface area contributed by atoms with Crippen LogP contribution >= 0.6 is 43.2 Å². The molecule has 1 unspecified atom stereocenters. The molecule has 0 spiro atoms. The van der Waals surface area contributed by atoms with Crippen LogP contribution in [0.4, 0.5) is 0 Å². The van der Waals surface area contributed by atoms with E-state index in [2.05, 4.69) is 77.8 Å². The van der Waals surface area contributed by atoms with Crippen LogP contribution in [0.3, 0.4) is 0 Å². The van der Waals surface area contributed by atoms with E-state index in [0.29, 0.717) is 0 Å². The van der Waals surface area contributed by atoms with Crippen molar-refractivity contribution in [2.24, 2.45) is 0 Å². The summed E-state index contributed by atoms with van der Waals surface area (Å²) < 4.78 is 1.23. The third kappa shape index (κ3) is 2.73. The molecule has 0 aliphatic rings. The van der Waals surface area contributed by atoms with Gasteiger partial charge in [-0.2, -0.15) is 0 Å². The van der Waals surface area contributed by atoms with Crippen molar-refractivity contribution in [3.05, 3.63) is 54.7 Å². The molecule has 1 atom stereocenters. The van der Waals surface area contributed by atoms with E-state index in [4.69, 9.17) is 0 Å². The van der Waals surface area contributed by atoms with Gasteiger partial charge in [0.1, 0.15) is 0 Å². The van der Waals surface area contributed by atoms with E-state index in [9.17, 15) is 0 Å². The van der Waals surface area contributed by atoms with Gasteiger partial charge in [0, 0.05) is 4.88 Å². The first-order valence-electron chi connectivity index (χ1n) is 5.87. The van der Waals surface area contributed by atoms with E-state index < -0.39 is 0 Å². The molecule has 2 rings (SSSR count). The zero-order valence-corrected chi connectivity index (χ0v) is 15.0. The molecule has 0 aliphatic heterocycles. The van der Waals surface area contributed by atoms with Crippen LogP contribution in [0.2, 0.25) is 0 Å². The number of benzene rings is 1. The van der Waals surface area contributed by atoms with Gasteiger partial charge in [-0.25, -0.2) is 0 Å². The highest BCUT2D eigenvalue weighted by Crippen LogP contribution is 2.41. The second-order valence-corrected chi connectivity index (χ2v) is 8.10. The van der Waals surface area contributed by atoms with Crippen LogP contribution < -0.4 is 0 Å². The molecule has 18 heavy (non-hydrogen) atoms. The first-order chi connectivity index (χ1) is 8.40. The molecule has 0 nitrogen and oxygen atoms in total. The highest BCUT2D eigenvalue weighted by Gasteiger charge is 2.18. The molecular formula is C15H16Br2S. The minimum Gasteiger partial charge on any atom is -0.131 e. The van der Waals surface area contributed by atoms with Crippen LogP contribution in [0.15, 0.2) is 22.0 Å². The van der Waals surface area contributed by atoms with Crippen LogP contribution in [-0.2, 0) is 0 Å². The Hall–Kier alpha value is -0.120. The third-order valence-corrected chi connectivity index (χ3v) is 6.57. The van der Waals surface area contributed by atoms with Gasteiger partial charge < -0.3 is 0 Å². The lowest BCUT2D eigenvalue weighted by molar-refractivity contribution is 1.12. The first-order valence-corrected chi connectivity index (χ1v) is 8.40. The number of hydrogen-bond acceptors (Lipinski definition) is 1. The summed E-state index contributed by atoms with van der Waals surface area (Å²) in [5, 5.41) is 0. The minimum absolute atomic E-state index is 0.285. The Morgan fingerprint density at radius 1 is 0.944 bits per heavy atom. The summed E-state index contributed by atoms with van der Waals surface area (Å²) >= 11 is 9.27. The molecule has 1 aromatic carbocycles. The smallest absolute Gasteiger partial charge is 0.0743 e. The van der Waals surface area contributed by atoms with Gasteiger partial charge in [0.2, 0.25) is 0 Å². The van der Waals surface area contributed by atoms with Crippen molar-refractivity contribution in [1.29, 1.82) is 0 Å². The molecule has 0 saturated heterocycles. The van der Waals surface area contributed by atoms with Crippen molar-refractivity contribution in [2.45, 2.75) is 32.5 Å². The fourth-order valence-electron chi connectivity index (χ4n) is 2.34. The summed E-state index contributed by atoms with van der Waals surface area (Å²) in [7, 11) is 0. The highest BCUT2D eigenvalue weighted by atomic mass is 79.9. The second-order valence-electron chi connectivity index (χ2n) is 4.78. The lowest BCUT2D eigenvalue weighted by atomic mass is 9.96. The maximum Gasteiger partial charge on any atom is 0.0743 e. The van der Waals surface area contributed by atoms with Gasteiger partial charge in [-0.3, -0.25) is 0 Å². The Kier molecular flexibility index (Phi) is 4.35. The topological polar surface area (TPSA) is 0 Å². The standard InChI is InChI=1S/C15H16Br2S/c1-8-5-9(2)13(10(3)6-8)14(16)12-7-11(4)15(17)18-12/h5-7,14H,1-4H3. The van der Waals surface area contributed by atoms with Crippen molar-refractivity contribution >= 4 is 43.2 Å². The maximum atomic E-state index is 3.86. The van der Waals surface area contributed by atoms with E-state index in [1.807, 2.05) is 11.3 Å². The predicted octanol–water partition coefficient (Wildman–Crippen LogP) is 6.23. The number of halogens is 2. The zero-order chi connectivity index (χ0) is 13.4. The SMILES string of the molecule is Cc1cc(C)c(C(Br)c2cc(C)c(Br)s2)c(C)c1. The molecule has 96 valence electrons. The minimum atomic E-state index is 0.285. The largest absolute Gasteiger partial charge is 0.131 e. The number of alkyl halides is 1. The van der Waals surface area contributed by atoms with Gasteiger partial charge in [-0.1, -0.05) is 33.6 Å². The summed E-state index contributed by atoms with van der Waals surface area (Å²) in [5.41, 5.74) is 6.75. The summed E-state index contributed by atoms with van der Waals surface area (Å²) in [6.45, 7) is 8.68. The molecule has 0 N–H and O–H groups in total. The van der Waals surface area contributed by atoms with Crippen LogP contribution in [0.5, 0.6) is 0 Å². The molecule has 2 aromatic rings. The van der Waals surface area contributed by atoms with Gasteiger partial charge >= 0.3 is 0 Å². The van der Waals surface area contributed by atoms with Gasteiger partial charge in [0.05, 0.1) is 8.61 Å². The van der Waals surface area contributed by atoms with Gasteiger partial charge in [0.25, 0.3) is 0 Å². The van der Waals surface area contributed by atoms with Gasteiger partial charge in [0.15, 0.2) is 0 Å². The highest BCUT2D eigenvalue weighted by molar-refractivity contribution is 9.11. The van der Waals surface area contributed by atoms with E-state index in [-0.39, 0.29) is 4.83 Å². The number of rotatable bonds is 2. The van der Waals surface area contributed by atoms with Crippen molar-refractivity contribution < 1.29 is 0 Å². The van der Waals surface area contributed by atoms with E-state index in [1.165, 1.54) is 36.5 Å². The van der Waals surface area contributed by atoms with Crippen molar-refractivity contribution in [2.75, 3.05) is 0 Å². The average Bonchev–Trinajstić information content (AvgIpc) is 2.57. The molecule has 3 heteroatoms. The molecule has 0 aliphatic carbocycles. The average molecular weight is 388 g/mol. The van der Waals surface area contributed by atoms with Crippen molar-refractivity contribution in [1.82, 2.24) is 0 Å². The van der Waals surface area contributed by atoms with Crippen molar-refractivity contribution in [3.63, 3.8) is 0 Å². The first kappa shape index (κ1) is 14.3. The lowest BCUT2D eigenvalue weighted by Gasteiger charge is -2.16. The van der Waals surface area contributed by atoms with Gasteiger partial charge in [-0.15, -0.1) is 11.3 Å². The molecular weight excluding hydrogens is 372 g/mol. The number of thiophene rings is 1. The lowest BCUT2D eigenvalue weighted by Crippen LogP contribution is -1.98. The molecule has 0 bridgehead atoms. The molecule has 0 saturated carbocycles. The molecule has 0 fully saturated rings. The summed E-state index contributed by atoms with van der Waals surface area (Å²) in [5.74, 6) is 0. The van der Waals surface area contributed by atoms with E-state index in [0.717, 1.165) is 0 Å². The fraction of sp³-hybridized carbons (Fsp3) is 0.333. The third-order valence-electron chi connectivity index (χ3n) is 3.12.